The number of nitrogens with one attached hydrogen (secondary N) is 2. The van der Waals surface area contributed by atoms with Crippen molar-refractivity contribution in [2.24, 2.45) is 0 Å². The van der Waals surface area contributed by atoms with Crippen molar-refractivity contribution in [3.05, 3.63) is 39.7 Å². The highest BCUT2D eigenvalue weighted by Gasteiger charge is 2.38. The van der Waals surface area contributed by atoms with Crippen LogP contribution in [0, 0.1) is 13.8 Å². The molecule has 2 amide bonds. The first kappa shape index (κ1) is 30.0. The molecule has 1 aliphatic heterocycles. The van der Waals surface area contributed by atoms with Crippen LogP contribution in [0.4, 0.5) is 16.4 Å². The highest BCUT2D eigenvalue weighted by molar-refractivity contribution is 7.21. The summed E-state index contributed by atoms with van der Waals surface area (Å²) in [5.74, 6) is 0.439. The lowest BCUT2D eigenvalue weighted by atomic mass is 9.93. The number of aromatic nitrogens is 3. The highest BCUT2D eigenvalue weighted by Crippen LogP contribution is 2.35. The van der Waals surface area contributed by atoms with Gasteiger partial charge in [-0.25, -0.2) is 19.7 Å². The fourth-order valence-corrected chi connectivity index (χ4v) is 6.80. The summed E-state index contributed by atoms with van der Waals surface area (Å²) in [6.45, 7) is 14.5. The summed E-state index contributed by atoms with van der Waals surface area (Å²) in [5, 5.41) is 7.01. The number of nitrogen functional groups attached to an aromatic ring is 1. The Morgan fingerprint density at radius 1 is 1.17 bits per heavy atom. The molecule has 42 heavy (non-hydrogen) atoms. The monoisotopic (exact) mass is 595 g/mol. The van der Waals surface area contributed by atoms with Crippen LogP contribution in [0.15, 0.2) is 12.3 Å². The fourth-order valence-electron chi connectivity index (χ4n) is 5.68. The van der Waals surface area contributed by atoms with Crippen molar-refractivity contribution in [1.29, 1.82) is 0 Å². The Bertz CT molecular complexity index is 1500. The molecule has 0 unspecified atom stereocenters. The van der Waals surface area contributed by atoms with E-state index in [0.29, 0.717) is 36.0 Å². The average Bonchev–Trinajstić information content (AvgIpc) is 3.42. The van der Waals surface area contributed by atoms with Crippen LogP contribution in [0.1, 0.15) is 73.2 Å². The third-order valence-electron chi connectivity index (χ3n) is 7.40. The van der Waals surface area contributed by atoms with Gasteiger partial charge in [-0.2, -0.15) is 0 Å². The van der Waals surface area contributed by atoms with Gasteiger partial charge in [0.15, 0.2) is 0 Å². The molecular formula is C30H41N7O4S. The second-order valence-electron chi connectivity index (χ2n) is 12.5. The van der Waals surface area contributed by atoms with Gasteiger partial charge in [0.2, 0.25) is 5.95 Å². The Labute approximate surface area is 250 Å². The maximum absolute atomic E-state index is 13.2. The van der Waals surface area contributed by atoms with Crippen LogP contribution in [0.2, 0.25) is 0 Å². The number of aryl methyl sites for hydroxylation is 3. The van der Waals surface area contributed by atoms with Gasteiger partial charge < -0.3 is 30.7 Å². The molecule has 0 spiro atoms. The van der Waals surface area contributed by atoms with Crippen molar-refractivity contribution in [3.8, 4) is 0 Å². The highest BCUT2D eigenvalue weighted by atomic mass is 32.1. The lowest BCUT2D eigenvalue weighted by Gasteiger charge is -2.26. The number of rotatable bonds is 6. The minimum absolute atomic E-state index is 0.00166. The number of nitrogens with two attached hydrogens (primary N) is 1. The number of fused-ring (bicyclic) bond motifs is 2. The third-order valence-corrected chi connectivity index (χ3v) is 8.50. The van der Waals surface area contributed by atoms with Gasteiger partial charge in [-0.05, 0) is 84.9 Å². The molecule has 5 rings (SSSR count). The molecule has 1 saturated heterocycles. The van der Waals surface area contributed by atoms with Gasteiger partial charge in [-0.1, -0.05) is 0 Å². The lowest BCUT2D eigenvalue weighted by molar-refractivity contribution is 0.000666. The largest absolute Gasteiger partial charge is 0.444 e. The maximum Gasteiger partial charge on any atom is 0.408 e. The molecule has 3 aromatic rings. The first-order valence-electron chi connectivity index (χ1n) is 14.5. The van der Waals surface area contributed by atoms with Gasteiger partial charge >= 0.3 is 6.09 Å². The molecular weight excluding hydrogens is 554 g/mol. The van der Waals surface area contributed by atoms with Crippen molar-refractivity contribution in [2.75, 3.05) is 23.7 Å². The van der Waals surface area contributed by atoms with E-state index in [1.54, 1.807) is 0 Å². The zero-order chi connectivity index (χ0) is 30.3. The first-order valence-corrected chi connectivity index (χ1v) is 15.3. The smallest absolute Gasteiger partial charge is 0.408 e. The minimum Gasteiger partial charge on any atom is -0.444 e. The number of nitrogens with zero attached hydrogens (tertiary/aromatic N) is 4. The second kappa shape index (κ2) is 11.6. The van der Waals surface area contributed by atoms with E-state index in [9.17, 15) is 9.59 Å². The number of hydrogen-bond acceptors (Lipinski definition) is 10. The standard InChI is InChI=1S/C30H41N7O4S/c1-15(2)40-22-14-37(13-21(22)36-29(39)41-30(5,6)7)28-32-12-18-11-19(8-9-20(18)35-28)34-26(38)25-24(31)23-16(3)10-17(4)33-27(23)42-25/h10,12,15,19,21-22H,8-9,11,13-14,31H2,1-7H3,(H,34,38)(H,36,39)/t19-,21-,22-/m0/s1. The van der Waals surface area contributed by atoms with Gasteiger partial charge in [-0.3, -0.25) is 4.79 Å². The molecule has 0 aromatic carbocycles. The van der Waals surface area contributed by atoms with Gasteiger partial charge in [0.1, 0.15) is 15.3 Å². The van der Waals surface area contributed by atoms with Crippen molar-refractivity contribution >= 4 is 45.2 Å². The second-order valence-corrected chi connectivity index (χ2v) is 13.5. The van der Waals surface area contributed by atoms with Gasteiger partial charge in [-0.15, -0.1) is 11.3 Å². The van der Waals surface area contributed by atoms with Crippen molar-refractivity contribution in [2.45, 2.75) is 97.6 Å². The summed E-state index contributed by atoms with van der Waals surface area (Å²) in [6.07, 6.45) is 3.29. The zero-order valence-electron chi connectivity index (χ0n) is 25.4. The molecule has 3 aromatic heterocycles. The number of alkyl carbamates (subject to hydrolysis) is 1. The predicted octanol–water partition coefficient (Wildman–Crippen LogP) is 4.08. The van der Waals surface area contributed by atoms with Crippen LogP contribution >= 0.6 is 11.3 Å². The van der Waals surface area contributed by atoms with E-state index < -0.39 is 11.7 Å². The van der Waals surface area contributed by atoms with Crippen LogP contribution in [0.5, 0.6) is 0 Å². The predicted molar refractivity (Wildman–Crippen MR) is 164 cm³/mol. The number of pyridine rings is 1. The topological polar surface area (TPSA) is 145 Å². The average molecular weight is 596 g/mol. The Kier molecular flexibility index (Phi) is 8.30. The Hall–Kier alpha value is -3.51. The summed E-state index contributed by atoms with van der Waals surface area (Å²) in [4.78, 5) is 43.2. The summed E-state index contributed by atoms with van der Waals surface area (Å²) >= 11 is 1.34. The molecule has 4 N–H and O–H groups in total. The molecule has 11 nitrogen and oxygen atoms in total. The van der Waals surface area contributed by atoms with E-state index in [1.165, 1.54) is 11.3 Å². The number of hydrogen-bond donors (Lipinski definition) is 3. The van der Waals surface area contributed by atoms with Gasteiger partial charge in [0.25, 0.3) is 5.91 Å². The first-order chi connectivity index (χ1) is 19.8. The molecule has 2 aliphatic rings. The van der Waals surface area contributed by atoms with Gasteiger partial charge in [0, 0.05) is 42.1 Å². The number of ether oxygens (including phenoxy) is 2. The van der Waals surface area contributed by atoms with Crippen molar-refractivity contribution in [1.82, 2.24) is 25.6 Å². The quantitative estimate of drug-likeness (QED) is 0.384. The third kappa shape index (κ3) is 6.59. The summed E-state index contributed by atoms with van der Waals surface area (Å²) in [5.41, 5.74) is 10.2. The maximum atomic E-state index is 13.2. The van der Waals surface area contributed by atoms with Crippen LogP contribution in [-0.4, -0.2) is 69.9 Å². The van der Waals surface area contributed by atoms with E-state index in [0.717, 1.165) is 45.6 Å². The van der Waals surface area contributed by atoms with Crippen LogP contribution in [0.25, 0.3) is 10.2 Å². The molecule has 4 heterocycles. The summed E-state index contributed by atoms with van der Waals surface area (Å²) in [6, 6.07) is 1.68. The molecule has 1 aliphatic carbocycles. The molecule has 1 fully saturated rings. The lowest BCUT2D eigenvalue weighted by Crippen LogP contribution is -2.46. The Morgan fingerprint density at radius 3 is 2.64 bits per heavy atom. The number of anilines is 2. The van der Waals surface area contributed by atoms with E-state index in [-0.39, 0.29) is 30.2 Å². The van der Waals surface area contributed by atoms with E-state index in [1.807, 2.05) is 65.6 Å². The molecule has 226 valence electrons. The number of carbonyl (C=O) groups excluding carboxylic acids is 2. The Balaban J connectivity index is 1.25. The van der Waals surface area contributed by atoms with Crippen LogP contribution < -0.4 is 21.3 Å². The fraction of sp³-hybridized carbons (Fsp3) is 0.567. The summed E-state index contributed by atoms with van der Waals surface area (Å²) < 4.78 is 11.6. The van der Waals surface area contributed by atoms with Gasteiger partial charge in [0.05, 0.1) is 23.9 Å². The molecule has 0 bridgehead atoms. The molecule has 0 radical (unpaired) electrons. The number of carbonyl (C=O) groups is 2. The number of thiophene rings is 1. The zero-order valence-corrected chi connectivity index (χ0v) is 26.2. The number of amides is 2. The normalized spacial score (nSPS) is 20.6. The van der Waals surface area contributed by atoms with Crippen LogP contribution in [-0.2, 0) is 22.3 Å². The molecule has 0 saturated carbocycles. The van der Waals surface area contributed by atoms with Crippen molar-refractivity contribution < 1.29 is 19.1 Å². The SMILES string of the molecule is Cc1cc(C)c2c(N)c(C(=O)N[C@H]3CCc4nc(N5C[C@H](NC(=O)OC(C)(C)C)[C@@H](OC(C)C)C5)ncc4C3)sc2n1. The van der Waals surface area contributed by atoms with Crippen LogP contribution in [0.3, 0.4) is 0 Å². The summed E-state index contributed by atoms with van der Waals surface area (Å²) in [7, 11) is 0. The molecule has 3 atom stereocenters. The van der Waals surface area contributed by atoms with E-state index >= 15 is 0 Å². The molecule has 12 heteroatoms. The minimum atomic E-state index is -0.588. The Morgan fingerprint density at radius 2 is 1.93 bits per heavy atom. The van der Waals surface area contributed by atoms with E-state index in [2.05, 4.69) is 20.6 Å². The van der Waals surface area contributed by atoms with E-state index in [4.69, 9.17) is 20.2 Å². The van der Waals surface area contributed by atoms with Crippen molar-refractivity contribution in [3.63, 3.8) is 0 Å².